The molecule has 2 aromatic rings. The Hall–Kier alpha value is -3.46. The molecule has 1 atom stereocenters. The Morgan fingerprint density at radius 3 is 2.29 bits per heavy atom. The Labute approximate surface area is 160 Å². The average molecular weight is 386 g/mol. The fourth-order valence-electron chi connectivity index (χ4n) is 2.84. The number of fused-ring (bicyclic) bond motifs is 2. The lowest BCUT2D eigenvalue weighted by Gasteiger charge is -2.16. The van der Waals surface area contributed by atoms with E-state index in [-0.39, 0.29) is 20.1 Å². The van der Waals surface area contributed by atoms with E-state index in [0.717, 1.165) is 5.56 Å². The van der Waals surface area contributed by atoms with Gasteiger partial charge in [0.1, 0.15) is 6.04 Å². The number of amides is 2. The Morgan fingerprint density at radius 2 is 1.57 bits per heavy atom. The fraction of sp³-hybridized carbons (Fsp3) is 0.263. The van der Waals surface area contributed by atoms with E-state index in [1.54, 1.807) is 30.3 Å². The molecule has 2 aliphatic heterocycles. The highest BCUT2D eigenvalue weighted by atomic mass is 16.7. The van der Waals surface area contributed by atoms with E-state index in [1.165, 1.54) is 6.07 Å². The second-order valence-corrected chi connectivity index (χ2v) is 6.18. The van der Waals surface area contributed by atoms with Gasteiger partial charge in [0.25, 0.3) is 5.91 Å². The third kappa shape index (κ3) is 3.65. The van der Waals surface area contributed by atoms with Crippen LogP contribution in [0.25, 0.3) is 0 Å². The third-order valence-electron chi connectivity index (χ3n) is 4.34. The second kappa shape index (κ2) is 7.65. The van der Waals surface area contributed by atoms with Crippen LogP contribution in [0.1, 0.15) is 15.9 Å². The van der Waals surface area contributed by atoms with Crippen molar-refractivity contribution in [2.45, 2.75) is 12.6 Å². The topological polar surface area (TPSA) is 115 Å². The summed E-state index contributed by atoms with van der Waals surface area (Å²) in [5.74, 6) is 1.27. The highest BCUT2D eigenvalue weighted by Gasteiger charge is 2.22. The van der Waals surface area contributed by atoms with Gasteiger partial charge in [-0.2, -0.15) is 0 Å². The largest absolute Gasteiger partial charge is 0.454 e. The number of benzene rings is 2. The standard InChI is InChI=1S/C19H18N2O7/c22-8-13(21-18(23)12-2-4-15-17(6-12)28-10-26-15)19(24)20-7-11-1-3-14-16(5-11)27-9-25-14/h1-6,13,22H,7-10H2,(H,20,24)(H,21,23)/t13-/m0/s1. The summed E-state index contributed by atoms with van der Waals surface area (Å²) in [5.41, 5.74) is 1.10. The van der Waals surface area contributed by atoms with Gasteiger partial charge in [0.2, 0.25) is 19.5 Å². The SMILES string of the molecule is O=C(N[C@@H](CO)C(=O)NCc1ccc2c(c1)OCO2)c1ccc2c(c1)OCO2. The summed E-state index contributed by atoms with van der Waals surface area (Å²) >= 11 is 0. The molecule has 2 aliphatic rings. The molecular formula is C19H18N2O7. The Bertz CT molecular complexity index is 915. The monoisotopic (exact) mass is 386 g/mol. The number of carbonyl (C=O) groups is 2. The molecule has 9 nitrogen and oxygen atoms in total. The van der Waals surface area contributed by atoms with Crippen molar-refractivity contribution in [3.63, 3.8) is 0 Å². The Kier molecular flexibility index (Phi) is 4.90. The molecule has 4 rings (SSSR count). The van der Waals surface area contributed by atoms with Crippen LogP contribution in [0.2, 0.25) is 0 Å². The highest BCUT2D eigenvalue weighted by molar-refractivity contribution is 5.98. The van der Waals surface area contributed by atoms with Crippen molar-refractivity contribution in [1.29, 1.82) is 0 Å². The normalized spacial score (nSPS) is 14.5. The van der Waals surface area contributed by atoms with Crippen LogP contribution in [0.3, 0.4) is 0 Å². The minimum Gasteiger partial charge on any atom is -0.454 e. The van der Waals surface area contributed by atoms with Gasteiger partial charge in [-0.3, -0.25) is 9.59 Å². The molecular weight excluding hydrogens is 368 g/mol. The number of ether oxygens (including phenoxy) is 4. The predicted octanol–water partition coefficient (Wildman–Crippen LogP) is 0.551. The van der Waals surface area contributed by atoms with Gasteiger partial charge < -0.3 is 34.7 Å². The van der Waals surface area contributed by atoms with Crippen molar-refractivity contribution < 1.29 is 33.6 Å². The lowest BCUT2D eigenvalue weighted by molar-refractivity contribution is -0.124. The van der Waals surface area contributed by atoms with Crippen LogP contribution in [0.4, 0.5) is 0 Å². The first kappa shape index (κ1) is 17.9. The zero-order valence-electron chi connectivity index (χ0n) is 14.8. The molecule has 0 unspecified atom stereocenters. The van der Waals surface area contributed by atoms with Gasteiger partial charge in [0, 0.05) is 12.1 Å². The molecule has 0 aromatic heterocycles. The minimum atomic E-state index is -1.09. The van der Waals surface area contributed by atoms with Crippen LogP contribution in [-0.2, 0) is 11.3 Å². The van der Waals surface area contributed by atoms with Gasteiger partial charge in [-0.25, -0.2) is 0 Å². The summed E-state index contributed by atoms with van der Waals surface area (Å²) in [5, 5.41) is 14.7. The average Bonchev–Trinajstić information content (AvgIpc) is 3.37. The number of carbonyl (C=O) groups excluding carboxylic acids is 2. The smallest absolute Gasteiger partial charge is 0.252 e. The third-order valence-corrected chi connectivity index (χ3v) is 4.34. The van der Waals surface area contributed by atoms with Crippen LogP contribution in [0.5, 0.6) is 23.0 Å². The van der Waals surface area contributed by atoms with E-state index in [0.29, 0.717) is 28.6 Å². The molecule has 0 radical (unpaired) electrons. The first-order valence-electron chi connectivity index (χ1n) is 8.61. The predicted molar refractivity (Wildman–Crippen MR) is 95.3 cm³/mol. The van der Waals surface area contributed by atoms with E-state index in [2.05, 4.69) is 10.6 Å². The molecule has 0 saturated heterocycles. The quantitative estimate of drug-likeness (QED) is 0.664. The molecule has 2 aromatic carbocycles. The van der Waals surface area contributed by atoms with Gasteiger partial charge in [0.15, 0.2) is 23.0 Å². The maximum atomic E-state index is 12.4. The van der Waals surface area contributed by atoms with Gasteiger partial charge in [0.05, 0.1) is 6.61 Å². The van der Waals surface area contributed by atoms with Crippen LogP contribution >= 0.6 is 0 Å². The van der Waals surface area contributed by atoms with E-state index in [4.69, 9.17) is 18.9 Å². The van der Waals surface area contributed by atoms with Crippen LogP contribution < -0.4 is 29.6 Å². The lowest BCUT2D eigenvalue weighted by atomic mass is 10.1. The molecule has 28 heavy (non-hydrogen) atoms. The highest BCUT2D eigenvalue weighted by Crippen LogP contribution is 2.33. The molecule has 2 heterocycles. The summed E-state index contributed by atoms with van der Waals surface area (Å²) in [6.45, 7) is -0.0549. The van der Waals surface area contributed by atoms with E-state index < -0.39 is 24.5 Å². The van der Waals surface area contributed by atoms with Crippen molar-refractivity contribution >= 4 is 11.8 Å². The number of nitrogens with one attached hydrogen (secondary N) is 2. The number of hydrogen-bond donors (Lipinski definition) is 3. The molecule has 3 N–H and O–H groups in total. The first-order chi connectivity index (χ1) is 13.6. The zero-order chi connectivity index (χ0) is 19.5. The maximum absolute atomic E-state index is 12.4. The van der Waals surface area contributed by atoms with Crippen molar-refractivity contribution in [2.24, 2.45) is 0 Å². The molecule has 9 heteroatoms. The first-order valence-corrected chi connectivity index (χ1v) is 8.61. The summed E-state index contributed by atoms with van der Waals surface area (Å²) in [6.07, 6.45) is 0. The van der Waals surface area contributed by atoms with Crippen LogP contribution in [-0.4, -0.2) is 43.2 Å². The number of rotatable bonds is 6. The summed E-state index contributed by atoms with van der Waals surface area (Å²) in [6, 6.07) is 8.93. The van der Waals surface area contributed by atoms with Gasteiger partial charge in [-0.1, -0.05) is 6.07 Å². The van der Waals surface area contributed by atoms with E-state index in [1.807, 2.05) is 0 Å². The molecule has 0 fully saturated rings. The molecule has 0 spiro atoms. The molecule has 0 bridgehead atoms. The van der Waals surface area contributed by atoms with Gasteiger partial charge >= 0.3 is 0 Å². The Morgan fingerprint density at radius 1 is 0.929 bits per heavy atom. The molecule has 0 aliphatic carbocycles. The van der Waals surface area contributed by atoms with Gasteiger partial charge in [-0.05, 0) is 35.9 Å². The lowest BCUT2D eigenvalue weighted by Crippen LogP contribution is -2.48. The number of aliphatic hydroxyl groups is 1. The minimum absolute atomic E-state index is 0.0991. The Balaban J connectivity index is 1.35. The molecule has 0 saturated carbocycles. The second-order valence-electron chi connectivity index (χ2n) is 6.18. The van der Waals surface area contributed by atoms with Crippen LogP contribution in [0.15, 0.2) is 36.4 Å². The van der Waals surface area contributed by atoms with E-state index >= 15 is 0 Å². The summed E-state index contributed by atoms with van der Waals surface area (Å²) in [7, 11) is 0. The van der Waals surface area contributed by atoms with Crippen LogP contribution in [0, 0.1) is 0 Å². The van der Waals surface area contributed by atoms with Crippen molar-refractivity contribution in [3.05, 3.63) is 47.5 Å². The van der Waals surface area contributed by atoms with E-state index in [9.17, 15) is 14.7 Å². The summed E-state index contributed by atoms with van der Waals surface area (Å²) < 4.78 is 21.0. The number of hydrogen-bond acceptors (Lipinski definition) is 7. The van der Waals surface area contributed by atoms with Crippen molar-refractivity contribution in [1.82, 2.24) is 10.6 Å². The maximum Gasteiger partial charge on any atom is 0.252 e. The number of aliphatic hydroxyl groups excluding tert-OH is 1. The zero-order valence-corrected chi connectivity index (χ0v) is 14.8. The van der Waals surface area contributed by atoms with Crippen molar-refractivity contribution in [2.75, 3.05) is 20.2 Å². The molecule has 2 amide bonds. The fourth-order valence-corrected chi connectivity index (χ4v) is 2.84. The molecule has 146 valence electrons. The summed E-state index contributed by atoms with van der Waals surface area (Å²) in [4.78, 5) is 24.7. The van der Waals surface area contributed by atoms with Crippen molar-refractivity contribution in [3.8, 4) is 23.0 Å². The van der Waals surface area contributed by atoms with Gasteiger partial charge in [-0.15, -0.1) is 0 Å².